The SMILES string of the molecule is Cc1cnc(C(=N)N)[nH]1. The van der Waals surface area contributed by atoms with Crippen LogP contribution in [-0.2, 0) is 0 Å². The average Bonchev–Trinajstić information content (AvgIpc) is 2.14. The van der Waals surface area contributed by atoms with Crippen molar-refractivity contribution in [3.63, 3.8) is 0 Å². The van der Waals surface area contributed by atoms with Gasteiger partial charge in [-0.05, 0) is 6.92 Å². The minimum Gasteiger partial charge on any atom is -0.381 e. The van der Waals surface area contributed by atoms with E-state index >= 15 is 0 Å². The van der Waals surface area contributed by atoms with Crippen LogP contribution in [0.3, 0.4) is 0 Å². The highest BCUT2D eigenvalue weighted by Gasteiger charge is 1.97. The van der Waals surface area contributed by atoms with E-state index in [1.54, 1.807) is 6.20 Å². The lowest BCUT2D eigenvalue weighted by Gasteiger charge is -1.86. The van der Waals surface area contributed by atoms with Crippen LogP contribution in [0.2, 0.25) is 0 Å². The number of aryl methyl sites for hydroxylation is 1. The smallest absolute Gasteiger partial charge is 0.172 e. The first-order valence-electron chi connectivity index (χ1n) is 2.56. The van der Waals surface area contributed by atoms with E-state index in [1.807, 2.05) is 6.92 Å². The summed E-state index contributed by atoms with van der Waals surface area (Å²) in [6.07, 6.45) is 1.64. The van der Waals surface area contributed by atoms with Gasteiger partial charge in [-0.2, -0.15) is 0 Å². The van der Waals surface area contributed by atoms with Crippen LogP contribution in [0.5, 0.6) is 0 Å². The number of nitrogens with one attached hydrogen (secondary N) is 2. The molecule has 0 saturated heterocycles. The van der Waals surface area contributed by atoms with Crippen LogP contribution in [0, 0.1) is 12.3 Å². The topological polar surface area (TPSA) is 78.6 Å². The van der Waals surface area contributed by atoms with Gasteiger partial charge in [-0.15, -0.1) is 0 Å². The van der Waals surface area contributed by atoms with Gasteiger partial charge in [0.15, 0.2) is 11.7 Å². The van der Waals surface area contributed by atoms with Gasteiger partial charge in [0, 0.05) is 11.9 Å². The molecule has 1 heterocycles. The van der Waals surface area contributed by atoms with Gasteiger partial charge in [-0.1, -0.05) is 0 Å². The molecule has 1 rings (SSSR count). The Hall–Kier alpha value is -1.32. The molecule has 0 aliphatic rings. The lowest BCUT2D eigenvalue weighted by molar-refractivity contribution is 1.19. The van der Waals surface area contributed by atoms with E-state index < -0.39 is 0 Å². The van der Waals surface area contributed by atoms with Crippen LogP contribution < -0.4 is 5.73 Å². The van der Waals surface area contributed by atoms with Gasteiger partial charge in [-0.3, -0.25) is 5.41 Å². The molecule has 0 spiro atoms. The highest BCUT2D eigenvalue weighted by atomic mass is 15.0. The van der Waals surface area contributed by atoms with Crippen molar-refractivity contribution in [2.45, 2.75) is 6.92 Å². The molecule has 0 bridgehead atoms. The average molecular weight is 124 g/mol. The Morgan fingerprint density at radius 1 is 1.89 bits per heavy atom. The number of hydrogen-bond acceptors (Lipinski definition) is 2. The van der Waals surface area contributed by atoms with Crippen LogP contribution in [0.1, 0.15) is 11.5 Å². The number of nitrogens with zero attached hydrogens (tertiary/aromatic N) is 1. The first-order chi connectivity index (χ1) is 4.20. The molecule has 48 valence electrons. The third-order valence-corrected chi connectivity index (χ3v) is 0.958. The highest BCUT2D eigenvalue weighted by molar-refractivity contribution is 5.91. The molecule has 4 nitrogen and oxygen atoms in total. The second-order valence-electron chi connectivity index (χ2n) is 1.83. The molecule has 0 radical (unpaired) electrons. The Balaban J connectivity index is 2.98. The molecular weight excluding hydrogens is 116 g/mol. The number of nitrogen functional groups attached to an aromatic ring is 1. The maximum absolute atomic E-state index is 6.93. The molecule has 4 N–H and O–H groups in total. The van der Waals surface area contributed by atoms with Gasteiger partial charge < -0.3 is 10.7 Å². The van der Waals surface area contributed by atoms with Crippen molar-refractivity contribution in [3.8, 4) is 0 Å². The molecule has 1 aromatic heterocycles. The summed E-state index contributed by atoms with van der Waals surface area (Å²) in [7, 11) is 0. The summed E-state index contributed by atoms with van der Waals surface area (Å²) in [5.41, 5.74) is 6.03. The summed E-state index contributed by atoms with van der Waals surface area (Å²) in [4.78, 5) is 6.62. The second-order valence-corrected chi connectivity index (χ2v) is 1.83. The fourth-order valence-corrected chi connectivity index (χ4v) is 0.550. The number of amidine groups is 1. The third kappa shape index (κ3) is 1.07. The van der Waals surface area contributed by atoms with Crippen LogP contribution in [0.25, 0.3) is 0 Å². The maximum atomic E-state index is 6.93. The van der Waals surface area contributed by atoms with Crippen molar-refractivity contribution in [2.24, 2.45) is 5.73 Å². The minimum absolute atomic E-state index is 0.0249. The normalized spacial score (nSPS) is 9.44. The van der Waals surface area contributed by atoms with Gasteiger partial charge in [0.05, 0.1) is 0 Å². The highest BCUT2D eigenvalue weighted by Crippen LogP contribution is 1.91. The van der Waals surface area contributed by atoms with Crippen LogP contribution in [0.15, 0.2) is 6.20 Å². The van der Waals surface area contributed by atoms with Crippen LogP contribution >= 0.6 is 0 Å². The second kappa shape index (κ2) is 1.89. The molecule has 4 heteroatoms. The summed E-state index contributed by atoms with van der Waals surface area (Å²) in [6.45, 7) is 1.86. The number of imidazole rings is 1. The number of aromatic amines is 1. The number of hydrogen-bond donors (Lipinski definition) is 3. The quantitative estimate of drug-likeness (QED) is 0.364. The van der Waals surface area contributed by atoms with Gasteiger partial charge in [-0.25, -0.2) is 4.98 Å². The van der Waals surface area contributed by atoms with Gasteiger partial charge in [0.25, 0.3) is 0 Å². The molecule has 0 atom stereocenters. The Kier molecular flexibility index (Phi) is 1.22. The van der Waals surface area contributed by atoms with Crippen molar-refractivity contribution in [3.05, 3.63) is 17.7 Å². The zero-order valence-electron chi connectivity index (χ0n) is 5.10. The van der Waals surface area contributed by atoms with Crippen molar-refractivity contribution in [1.29, 1.82) is 5.41 Å². The van der Waals surface area contributed by atoms with Crippen molar-refractivity contribution >= 4 is 5.84 Å². The van der Waals surface area contributed by atoms with Gasteiger partial charge in [0.2, 0.25) is 0 Å². The Morgan fingerprint density at radius 2 is 2.56 bits per heavy atom. The predicted octanol–water partition coefficient (Wildman–Crippen LogP) is 0.00219. The zero-order valence-corrected chi connectivity index (χ0v) is 5.10. The van der Waals surface area contributed by atoms with E-state index in [4.69, 9.17) is 11.1 Å². The van der Waals surface area contributed by atoms with E-state index in [0.717, 1.165) is 5.69 Å². The lowest BCUT2D eigenvalue weighted by atomic mass is 10.5. The molecule has 0 amide bonds. The van der Waals surface area contributed by atoms with Gasteiger partial charge in [0.1, 0.15) is 0 Å². The van der Waals surface area contributed by atoms with E-state index in [2.05, 4.69) is 9.97 Å². The number of rotatable bonds is 1. The van der Waals surface area contributed by atoms with E-state index in [-0.39, 0.29) is 5.84 Å². The lowest BCUT2D eigenvalue weighted by Crippen LogP contribution is -2.12. The monoisotopic (exact) mass is 124 g/mol. The summed E-state index contributed by atoms with van der Waals surface area (Å²) in [6, 6.07) is 0. The fourth-order valence-electron chi connectivity index (χ4n) is 0.550. The first-order valence-corrected chi connectivity index (χ1v) is 2.56. The Labute approximate surface area is 52.6 Å². The van der Waals surface area contributed by atoms with E-state index in [9.17, 15) is 0 Å². The standard InChI is InChI=1S/C5H8N4/c1-3-2-8-5(9-3)4(6)7/h2H,1H3,(H3,6,7)(H,8,9). The van der Waals surface area contributed by atoms with Crippen molar-refractivity contribution < 1.29 is 0 Å². The molecule has 0 saturated carbocycles. The molecule has 9 heavy (non-hydrogen) atoms. The number of aromatic nitrogens is 2. The number of H-pyrrole nitrogens is 1. The largest absolute Gasteiger partial charge is 0.381 e. The molecule has 0 aromatic carbocycles. The van der Waals surface area contributed by atoms with E-state index in [1.165, 1.54) is 0 Å². The molecule has 0 aliphatic carbocycles. The van der Waals surface area contributed by atoms with Crippen LogP contribution in [0.4, 0.5) is 0 Å². The first kappa shape index (κ1) is 5.81. The van der Waals surface area contributed by atoms with Crippen molar-refractivity contribution in [1.82, 2.24) is 9.97 Å². The summed E-state index contributed by atoms with van der Waals surface area (Å²) < 4.78 is 0. The molecule has 0 aliphatic heterocycles. The summed E-state index contributed by atoms with van der Waals surface area (Å²) in [5.74, 6) is 0.413. The zero-order chi connectivity index (χ0) is 6.85. The molecule has 0 unspecified atom stereocenters. The fraction of sp³-hybridized carbons (Fsp3) is 0.200. The molecule has 1 aromatic rings. The summed E-state index contributed by atoms with van der Waals surface area (Å²) in [5, 5.41) is 6.93. The molecular formula is C5H8N4. The van der Waals surface area contributed by atoms with Gasteiger partial charge >= 0.3 is 0 Å². The predicted molar refractivity (Wildman–Crippen MR) is 34.3 cm³/mol. The third-order valence-electron chi connectivity index (χ3n) is 0.958. The van der Waals surface area contributed by atoms with E-state index in [0.29, 0.717) is 5.82 Å². The maximum Gasteiger partial charge on any atom is 0.172 e. The van der Waals surface area contributed by atoms with Crippen molar-refractivity contribution in [2.75, 3.05) is 0 Å². The Bertz CT molecular complexity index is 225. The molecule has 0 fully saturated rings. The van der Waals surface area contributed by atoms with Crippen LogP contribution in [-0.4, -0.2) is 15.8 Å². The number of nitrogens with two attached hydrogens (primary N) is 1. The minimum atomic E-state index is -0.0249. The summed E-state index contributed by atoms with van der Waals surface area (Å²) >= 11 is 0. The Morgan fingerprint density at radius 3 is 2.78 bits per heavy atom.